The number of hydrogen-bond acceptors (Lipinski definition) is 2. The van der Waals surface area contributed by atoms with E-state index >= 15 is 0 Å². The largest absolute Gasteiger partial charge is 0.330 e. The molecule has 1 atom stereocenters. The summed E-state index contributed by atoms with van der Waals surface area (Å²) in [6, 6.07) is 4.45. The minimum Gasteiger partial charge on any atom is -0.330 e. The molecule has 0 saturated heterocycles. The Morgan fingerprint density at radius 3 is 2.60 bits per heavy atom. The van der Waals surface area contributed by atoms with E-state index in [1.807, 2.05) is 0 Å². The summed E-state index contributed by atoms with van der Waals surface area (Å²) in [7, 11) is 0. The molecule has 0 aliphatic rings. The van der Waals surface area contributed by atoms with Gasteiger partial charge in [0.2, 0.25) is 0 Å². The SMILES string of the molecule is CC(C)C(CCN)CCC(=O)Cc1ccc(F)cc1Br. The van der Waals surface area contributed by atoms with Gasteiger partial charge in [-0.2, -0.15) is 0 Å². The lowest BCUT2D eigenvalue weighted by molar-refractivity contribution is -0.118. The predicted octanol–water partition coefficient (Wildman–Crippen LogP) is 4.10. The minimum absolute atomic E-state index is 0.194. The monoisotopic (exact) mass is 343 g/mol. The number of carbonyl (C=O) groups excluding carboxylic acids is 1. The topological polar surface area (TPSA) is 43.1 Å². The molecule has 112 valence electrons. The smallest absolute Gasteiger partial charge is 0.137 e. The molecule has 1 aromatic rings. The highest BCUT2D eigenvalue weighted by atomic mass is 79.9. The average molecular weight is 344 g/mol. The zero-order valence-corrected chi connectivity index (χ0v) is 13.7. The molecule has 1 aromatic carbocycles. The summed E-state index contributed by atoms with van der Waals surface area (Å²) in [5.41, 5.74) is 6.45. The van der Waals surface area contributed by atoms with Gasteiger partial charge in [0, 0.05) is 17.3 Å². The number of ketones is 1. The number of halogens is 2. The molecule has 0 aromatic heterocycles. The molecular formula is C16H23BrFNO. The van der Waals surface area contributed by atoms with E-state index in [1.165, 1.54) is 12.1 Å². The van der Waals surface area contributed by atoms with Crippen molar-refractivity contribution in [3.05, 3.63) is 34.1 Å². The highest BCUT2D eigenvalue weighted by Gasteiger charge is 2.15. The summed E-state index contributed by atoms with van der Waals surface area (Å²) >= 11 is 3.29. The Labute approximate surface area is 129 Å². The van der Waals surface area contributed by atoms with Crippen molar-refractivity contribution in [1.29, 1.82) is 0 Å². The Morgan fingerprint density at radius 1 is 1.35 bits per heavy atom. The van der Waals surface area contributed by atoms with Crippen molar-refractivity contribution in [2.45, 2.75) is 39.5 Å². The summed E-state index contributed by atoms with van der Waals surface area (Å²) in [6.45, 7) is 5.00. The van der Waals surface area contributed by atoms with Crippen LogP contribution in [0.5, 0.6) is 0 Å². The molecule has 0 bridgehead atoms. The number of nitrogens with two attached hydrogens (primary N) is 1. The van der Waals surface area contributed by atoms with E-state index in [0.29, 0.717) is 35.7 Å². The molecular weight excluding hydrogens is 321 g/mol. The molecule has 20 heavy (non-hydrogen) atoms. The van der Waals surface area contributed by atoms with Crippen LogP contribution in [0.3, 0.4) is 0 Å². The summed E-state index contributed by atoms with van der Waals surface area (Å²) in [4.78, 5) is 12.0. The van der Waals surface area contributed by atoms with Crippen LogP contribution >= 0.6 is 15.9 Å². The standard InChI is InChI=1S/C16H23BrFNO/c1-11(2)12(7-8-19)4-6-15(20)9-13-3-5-14(18)10-16(13)17/h3,5,10-12H,4,6-9,19H2,1-2H3. The fourth-order valence-corrected chi connectivity index (χ4v) is 2.83. The molecule has 0 fully saturated rings. The van der Waals surface area contributed by atoms with Crippen LogP contribution < -0.4 is 5.73 Å². The van der Waals surface area contributed by atoms with Gasteiger partial charge in [-0.1, -0.05) is 35.8 Å². The summed E-state index contributed by atoms with van der Waals surface area (Å²) in [5, 5.41) is 0. The van der Waals surface area contributed by atoms with E-state index in [2.05, 4.69) is 29.8 Å². The molecule has 0 heterocycles. The number of benzene rings is 1. The molecule has 2 N–H and O–H groups in total. The molecule has 0 spiro atoms. The van der Waals surface area contributed by atoms with Crippen LogP contribution in [0.25, 0.3) is 0 Å². The Hall–Kier alpha value is -0.740. The number of carbonyl (C=O) groups is 1. The van der Waals surface area contributed by atoms with E-state index in [0.717, 1.165) is 18.4 Å². The van der Waals surface area contributed by atoms with Crippen molar-refractivity contribution >= 4 is 21.7 Å². The third kappa shape index (κ3) is 5.71. The van der Waals surface area contributed by atoms with Gasteiger partial charge in [-0.25, -0.2) is 4.39 Å². The molecule has 0 amide bonds. The van der Waals surface area contributed by atoms with Crippen molar-refractivity contribution in [1.82, 2.24) is 0 Å². The molecule has 0 aliphatic carbocycles. The summed E-state index contributed by atoms with van der Waals surface area (Å²) < 4.78 is 13.6. The Morgan fingerprint density at radius 2 is 2.05 bits per heavy atom. The van der Waals surface area contributed by atoms with Crippen LogP contribution in [0.4, 0.5) is 4.39 Å². The Kier molecular flexibility index (Phi) is 7.38. The predicted molar refractivity (Wildman–Crippen MR) is 84.0 cm³/mol. The normalized spacial score (nSPS) is 12.7. The second-order valence-electron chi connectivity index (χ2n) is 5.57. The van der Waals surface area contributed by atoms with Crippen molar-refractivity contribution in [2.24, 2.45) is 17.6 Å². The summed E-state index contributed by atoms with van der Waals surface area (Å²) in [5.74, 6) is 0.945. The molecule has 4 heteroatoms. The highest BCUT2D eigenvalue weighted by molar-refractivity contribution is 9.10. The first-order chi connectivity index (χ1) is 9.43. The van der Waals surface area contributed by atoms with Gasteiger partial charge in [-0.3, -0.25) is 4.79 Å². The first-order valence-corrected chi connectivity index (χ1v) is 7.89. The lowest BCUT2D eigenvalue weighted by Crippen LogP contribution is -2.16. The first kappa shape index (κ1) is 17.3. The molecule has 1 rings (SSSR count). The zero-order valence-electron chi connectivity index (χ0n) is 12.2. The number of hydrogen-bond donors (Lipinski definition) is 1. The van der Waals surface area contributed by atoms with Gasteiger partial charge in [0.1, 0.15) is 11.6 Å². The fraction of sp³-hybridized carbons (Fsp3) is 0.562. The molecule has 2 nitrogen and oxygen atoms in total. The first-order valence-electron chi connectivity index (χ1n) is 7.09. The minimum atomic E-state index is -0.295. The van der Waals surface area contributed by atoms with Gasteiger partial charge in [-0.15, -0.1) is 0 Å². The van der Waals surface area contributed by atoms with Crippen LogP contribution in [0.15, 0.2) is 22.7 Å². The van der Waals surface area contributed by atoms with Gasteiger partial charge < -0.3 is 5.73 Å². The highest BCUT2D eigenvalue weighted by Crippen LogP contribution is 2.23. The van der Waals surface area contributed by atoms with E-state index in [-0.39, 0.29) is 11.6 Å². The average Bonchev–Trinajstić information content (AvgIpc) is 2.37. The molecule has 0 saturated carbocycles. The van der Waals surface area contributed by atoms with Gasteiger partial charge in [0.25, 0.3) is 0 Å². The van der Waals surface area contributed by atoms with E-state index in [9.17, 15) is 9.18 Å². The van der Waals surface area contributed by atoms with Crippen molar-refractivity contribution in [3.8, 4) is 0 Å². The Bertz CT molecular complexity index is 448. The van der Waals surface area contributed by atoms with Crippen molar-refractivity contribution < 1.29 is 9.18 Å². The third-order valence-electron chi connectivity index (χ3n) is 3.68. The van der Waals surface area contributed by atoms with Gasteiger partial charge in [0.05, 0.1) is 0 Å². The summed E-state index contributed by atoms with van der Waals surface area (Å²) in [6.07, 6.45) is 2.76. The fourth-order valence-electron chi connectivity index (χ4n) is 2.34. The number of Topliss-reactive ketones (excluding diaryl/α,β-unsaturated/α-hetero) is 1. The van der Waals surface area contributed by atoms with Gasteiger partial charge in [0.15, 0.2) is 0 Å². The van der Waals surface area contributed by atoms with E-state index in [4.69, 9.17) is 5.73 Å². The van der Waals surface area contributed by atoms with Crippen LogP contribution in [0.1, 0.15) is 38.7 Å². The maximum absolute atomic E-state index is 13.0. The van der Waals surface area contributed by atoms with E-state index in [1.54, 1.807) is 6.07 Å². The molecule has 0 aliphatic heterocycles. The van der Waals surface area contributed by atoms with Crippen LogP contribution in [-0.2, 0) is 11.2 Å². The zero-order chi connectivity index (χ0) is 15.1. The lowest BCUT2D eigenvalue weighted by atomic mass is 9.87. The van der Waals surface area contributed by atoms with Crippen molar-refractivity contribution in [2.75, 3.05) is 6.54 Å². The maximum Gasteiger partial charge on any atom is 0.137 e. The molecule has 0 radical (unpaired) electrons. The quantitative estimate of drug-likeness (QED) is 0.772. The second kappa shape index (κ2) is 8.53. The third-order valence-corrected chi connectivity index (χ3v) is 4.42. The molecule has 1 unspecified atom stereocenters. The second-order valence-corrected chi connectivity index (χ2v) is 6.43. The Balaban J connectivity index is 2.51. The van der Waals surface area contributed by atoms with Gasteiger partial charge >= 0.3 is 0 Å². The lowest BCUT2D eigenvalue weighted by Gasteiger charge is -2.19. The van der Waals surface area contributed by atoms with Crippen molar-refractivity contribution in [3.63, 3.8) is 0 Å². The van der Waals surface area contributed by atoms with E-state index < -0.39 is 0 Å². The van der Waals surface area contributed by atoms with Crippen LogP contribution in [-0.4, -0.2) is 12.3 Å². The maximum atomic E-state index is 13.0. The van der Waals surface area contributed by atoms with Crippen LogP contribution in [0.2, 0.25) is 0 Å². The van der Waals surface area contributed by atoms with Gasteiger partial charge in [-0.05, 0) is 48.9 Å². The van der Waals surface area contributed by atoms with Crippen LogP contribution in [0, 0.1) is 17.7 Å². The number of rotatable bonds is 8.